The van der Waals surface area contributed by atoms with Gasteiger partial charge in [0.25, 0.3) is 5.89 Å². The minimum Gasteiger partial charge on any atom is -0.364 e. The molecule has 0 saturated carbocycles. The van der Waals surface area contributed by atoms with Gasteiger partial charge in [0.1, 0.15) is 6.26 Å². The average Bonchev–Trinajstić information content (AvgIpc) is 2.95. The summed E-state index contributed by atoms with van der Waals surface area (Å²) in [5, 5.41) is 11.2. The van der Waals surface area contributed by atoms with Crippen LogP contribution in [-0.4, -0.2) is 21.8 Å². The van der Waals surface area contributed by atoms with E-state index in [0.29, 0.717) is 17.4 Å². The summed E-state index contributed by atoms with van der Waals surface area (Å²) in [5.74, 6) is 1.13. The second-order valence-electron chi connectivity index (χ2n) is 4.20. The van der Waals surface area contributed by atoms with E-state index < -0.39 is 0 Å². The zero-order valence-electron chi connectivity index (χ0n) is 9.43. The summed E-state index contributed by atoms with van der Waals surface area (Å²) in [4.78, 5) is 4.36. The summed E-state index contributed by atoms with van der Waals surface area (Å²) < 4.78 is 9.93. The van der Waals surface area contributed by atoms with Crippen LogP contribution in [0.5, 0.6) is 0 Å². The highest BCUT2D eigenvalue weighted by Crippen LogP contribution is 2.22. The maximum Gasteiger partial charge on any atom is 0.280 e. The van der Waals surface area contributed by atoms with Crippen molar-refractivity contribution in [1.82, 2.24) is 20.6 Å². The van der Waals surface area contributed by atoms with Crippen molar-refractivity contribution in [1.29, 1.82) is 0 Å². The molecular weight excluding hydrogens is 220 g/mol. The van der Waals surface area contributed by atoms with E-state index in [9.17, 15) is 0 Å². The van der Waals surface area contributed by atoms with Crippen LogP contribution < -0.4 is 5.32 Å². The van der Waals surface area contributed by atoms with Gasteiger partial charge in [0, 0.05) is 6.07 Å². The van der Waals surface area contributed by atoms with Gasteiger partial charge in [0.05, 0.1) is 6.04 Å². The molecule has 2 aromatic rings. The van der Waals surface area contributed by atoms with Crippen LogP contribution in [-0.2, 0) is 0 Å². The fraction of sp³-hybridized carbons (Fsp3) is 0.545. The molecule has 17 heavy (non-hydrogen) atoms. The topological polar surface area (TPSA) is 77.0 Å². The van der Waals surface area contributed by atoms with E-state index in [1.54, 1.807) is 6.07 Å². The predicted molar refractivity (Wildman–Crippen MR) is 59.0 cm³/mol. The van der Waals surface area contributed by atoms with Crippen LogP contribution in [0.4, 0.5) is 0 Å². The smallest absolute Gasteiger partial charge is 0.280 e. The van der Waals surface area contributed by atoms with Gasteiger partial charge in [-0.05, 0) is 19.4 Å². The Hall–Kier alpha value is -1.69. The minimum atomic E-state index is 0.196. The third-order valence-electron chi connectivity index (χ3n) is 2.97. The Morgan fingerprint density at radius 3 is 3.12 bits per heavy atom. The Balaban J connectivity index is 1.79. The van der Waals surface area contributed by atoms with Crippen molar-refractivity contribution >= 4 is 0 Å². The normalized spacial score (nSPS) is 21.3. The first-order valence-corrected chi connectivity index (χ1v) is 5.91. The molecule has 3 rings (SSSR count). The van der Waals surface area contributed by atoms with E-state index in [4.69, 9.17) is 9.05 Å². The monoisotopic (exact) mass is 234 g/mol. The van der Waals surface area contributed by atoms with E-state index in [0.717, 1.165) is 13.0 Å². The fourth-order valence-corrected chi connectivity index (χ4v) is 2.05. The third kappa shape index (κ3) is 2.21. The summed E-state index contributed by atoms with van der Waals surface area (Å²) in [7, 11) is 0. The predicted octanol–water partition coefficient (Wildman–Crippen LogP) is 1.93. The van der Waals surface area contributed by atoms with Gasteiger partial charge >= 0.3 is 0 Å². The summed E-state index contributed by atoms with van der Waals surface area (Å²) >= 11 is 0. The van der Waals surface area contributed by atoms with Crippen LogP contribution in [0.2, 0.25) is 0 Å². The Morgan fingerprint density at radius 2 is 2.24 bits per heavy atom. The molecule has 0 amide bonds. The van der Waals surface area contributed by atoms with Crippen LogP contribution in [0, 0.1) is 0 Å². The maximum atomic E-state index is 5.18. The molecule has 0 aliphatic carbocycles. The molecule has 6 nitrogen and oxygen atoms in total. The van der Waals surface area contributed by atoms with E-state index in [-0.39, 0.29) is 6.04 Å². The Labute approximate surface area is 98.4 Å². The number of rotatable bonds is 2. The Kier molecular flexibility index (Phi) is 2.87. The highest BCUT2D eigenvalue weighted by Gasteiger charge is 2.20. The Morgan fingerprint density at radius 1 is 1.24 bits per heavy atom. The lowest BCUT2D eigenvalue weighted by molar-refractivity contribution is 0.392. The summed E-state index contributed by atoms with van der Waals surface area (Å²) in [6.07, 6.45) is 6.22. The van der Waals surface area contributed by atoms with Crippen molar-refractivity contribution in [3.05, 3.63) is 18.2 Å². The average molecular weight is 234 g/mol. The molecule has 90 valence electrons. The van der Waals surface area contributed by atoms with E-state index in [1.807, 2.05) is 0 Å². The highest BCUT2D eigenvalue weighted by molar-refractivity contribution is 5.44. The largest absolute Gasteiger partial charge is 0.364 e. The first-order valence-electron chi connectivity index (χ1n) is 5.91. The maximum absolute atomic E-state index is 5.18. The molecular formula is C11H14N4O2. The fourth-order valence-electron chi connectivity index (χ4n) is 2.05. The van der Waals surface area contributed by atoms with Gasteiger partial charge in [0.2, 0.25) is 0 Å². The van der Waals surface area contributed by atoms with E-state index in [1.165, 1.54) is 25.5 Å². The molecule has 2 aromatic heterocycles. The van der Waals surface area contributed by atoms with Crippen LogP contribution >= 0.6 is 0 Å². The first-order chi connectivity index (χ1) is 8.43. The van der Waals surface area contributed by atoms with Crippen molar-refractivity contribution in [2.45, 2.75) is 31.7 Å². The molecule has 0 radical (unpaired) electrons. The van der Waals surface area contributed by atoms with Gasteiger partial charge in [0.15, 0.2) is 11.5 Å². The van der Waals surface area contributed by atoms with E-state index in [2.05, 4.69) is 20.6 Å². The number of hydrogen-bond acceptors (Lipinski definition) is 6. The van der Waals surface area contributed by atoms with Gasteiger partial charge < -0.3 is 14.4 Å². The highest BCUT2D eigenvalue weighted by atomic mass is 16.5. The van der Waals surface area contributed by atoms with Gasteiger partial charge in [-0.25, -0.2) is 0 Å². The number of nitrogens with zero attached hydrogens (tertiary/aromatic N) is 3. The standard InChI is InChI=1S/C11H14N4O2/c1-2-4-8(12-6-3-1)10-13-11(17-15-10)9-5-7-16-14-9/h5,7-8,12H,1-4,6H2. The summed E-state index contributed by atoms with van der Waals surface area (Å²) in [5.41, 5.74) is 0.581. The number of nitrogens with one attached hydrogen (secondary N) is 1. The van der Waals surface area contributed by atoms with Crippen molar-refractivity contribution in [2.24, 2.45) is 0 Å². The summed E-state index contributed by atoms with van der Waals surface area (Å²) in [6, 6.07) is 1.90. The SMILES string of the molecule is c1cc(-c2nc(C3CCCCCN3)no2)no1. The molecule has 1 saturated heterocycles. The van der Waals surface area contributed by atoms with Gasteiger partial charge in [-0.2, -0.15) is 4.98 Å². The van der Waals surface area contributed by atoms with Crippen molar-refractivity contribution in [3.8, 4) is 11.6 Å². The zero-order chi connectivity index (χ0) is 11.5. The molecule has 1 aliphatic rings. The molecule has 1 N–H and O–H groups in total. The lowest BCUT2D eigenvalue weighted by Gasteiger charge is -2.09. The molecule has 0 bridgehead atoms. The van der Waals surface area contributed by atoms with Crippen LogP contribution in [0.3, 0.4) is 0 Å². The minimum absolute atomic E-state index is 0.196. The zero-order valence-corrected chi connectivity index (χ0v) is 9.43. The third-order valence-corrected chi connectivity index (χ3v) is 2.97. The van der Waals surface area contributed by atoms with Crippen LogP contribution in [0.1, 0.15) is 37.5 Å². The van der Waals surface area contributed by atoms with Gasteiger partial charge in [-0.3, -0.25) is 0 Å². The molecule has 1 atom stereocenters. The molecule has 1 aliphatic heterocycles. The van der Waals surface area contributed by atoms with Crippen molar-refractivity contribution < 1.29 is 9.05 Å². The second-order valence-corrected chi connectivity index (χ2v) is 4.20. The summed E-state index contributed by atoms with van der Waals surface area (Å²) in [6.45, 7) is 1.01. The van der Waals surface area contributed by atoms with E-state index >= 15 is 0 Å². The first kappa shape index (κ1) is 10.5. The van der Waals surface area contributed by atoms with Crippen LogP contribution in [0.15, 0.2) is 21.4 Å². The molecule has 1 fully saturated rings. The van der Waals surface area contributed by atoms with Gasteiger partial charge in [-0.1, -0.05) is 23.2 Å². The van der Waals surface area contributed by atoms with Crippen molar-refractivity contribution in [3.63, 3.8) is 0 Å². The van der Waals surface area contributed by atoms with Crippen LogP contribution in [0.25, 0.3) is 11.6 Å². The quantitative estimate of drug-likeness (QED) is 0.855. The molecule has 1 unspecified atom stereocenters. The molecule has 0 spiro atoms. The van der Waals surface area contributed by atoms with Crippen molar-refractivity contribution in [2.75, 3.05) is 6.54 Å². The second kappa shape index (κ2) is 4.67. The number of hydrogen-bond donors (Lipinski definition) is 1. The molecule has 0 aromatic carbocycles. The Bertz CT molecular complexity index is 458. The molecule has 6 heteroatoms. The molecule has 3 heterocycles. The lowest BCUT2D eigenvalue weighted by atomic mass is 10.1. The van der Waals surface area contributed by atoms with Gasteiger partial charge in [-0.15, -0.1) is 0 Å². The lowest BCUT2D eigenvalue weighted by Crippen LogP contribution is -2.21. The number of aromatic nitrogens is 3.